The highest BCUT2D eigenvalue weighted by molar-refractivity contribution is 6.30. The molecule has 0 saturated carbocycles. The monoisotopic (exact) mass is 369 g/mol. The van der Waals surface area contributed by atoms with Gasteiger partial charge in [0.05, 0.1) is 0 Å². The van der Waals surface area contributed by atoms with Crippen LogP contribution in [0, 0.1) is 0 Å². The second-order valence-corrected chi connectivity index (χ2v) is 6.39. The summed E-state index contributed by atoms with van der Waals surface area (Å²) >= 11 is 5.98. The molecule has 0 spiro atoms. The maximum atomic E-state index is 11.8. The van der Waals surface area contributed by atoms with Crippen LogP contribution in [-0.4, -0.2) is 22.6 Å². The molecule has 0 aliphatic carbocycles. The summed E-state index contributed by atoms with van der Waals surface area (Å²) in [6.45, 7) is 0.933. The predicted octanol–water partition coefficient (Wildman–Crippen LogP) is 4.10. The minimum atomic E-state index is 0.162. The number of benzene rings is 2. The third-order valence-electron chi connectivity index (χ3n) is 4.14. The van der Waals surface area contributed by atoms with Crippen LogP contribution in [0.1, 0.15) is 18.7 Å². The number of aromatic nitrogens is 2. The number of anilines is 1. The Morgan fingerprint density at radius 1 is 1.19 bits per heavy atom. The van der Waals surface area contributed by atoms with Crippen LogP contribution in [0.2, 0.25) is 5.02 Å². The van der Waals surface area contributed by atoms with E-state index in [4.69, 9.17) is 20.9 Å². The normalized spacial score (nSPS) is 14.0. The molecule has 0 bridgehead atoms. The van der Waals surface area contributed by atoms with E-state index < -0.39 is 0 Å². The van der Waals surface area contributed by atoms with Crippen LogP contribution < -0.4 is 9.64 Å². The Balaban J connectivity index is 1.39. The molecule has 132 valence electrons. The van der Waals surface area contributed by atoms with Gasteiger partial charge >= 0.3 is 0 Å². The fourth-order valence-corrected chi connectivity index (χ4v) is 3.04. The van der Waals surface area contributed by atoms with Crippen molar-refractivity contribution < 1.29 is 14.1 Å². The molecule has 2 heterocycles. The molecular weight excluding hydrogens is 354 g/mol. The van der Waals surface area contributed by atoms with E-state index in [0.717, 1.165) is 24.2 Å². The molecule has 3 aromatic rings. The van der Waals surface area contributed by atoms with E-state index in [0.29, 0.717) is 28.9 Å². The lowest BCUT2D eigenvalue weighted by Gasteiger charge is -2.15. The van der Waals surface area contributed by atoms with Crippen molar-refractivity contribution >= 4 is 23.2 Å². The molecular formula is C19H16ClN3O3. The van der Waals surface area contributed by atoms with Gasteiger partial charge < -0.3 is 14.2 Å². The molecule has 4 rings (SSSR count). The number of amides is 1. The average molecular weight is 370 g/mol. The standard InChI is InChI=1S/C19H16ClN3O3/c20-14-4-1-3-13(11-14)19-21-17(26-22-19)12-25-16-8-6-15(7-9-16)23-10-2-5-18(23)24/h1,3-4,6-9,11H,2,5,10,12H2. The SMILES string of the molecule is O=C1CCCN1c1ccc(OCc2nc(-c3cccc(Cl)c3)no2)cc1. The lowest BCUT2D eigenvalue weighted by Crippen LogP contribution is -2.23. The first-order valence-electron chi connectivity index (χ1n) is 8.31. The van der Waals surface area contributed by atoms with Gasteiger partial charge in [-0.05, 0) is 42.8 Å². The van der Waals surface area contributed by atoms with Crippen LogP contribution in [0.5, 0.6) is 5.75 Å². The van der Waals surface area contributed by atoms with Gasteiger partial charge in [0.15, 0.2) is 6.61 Å². The van der Waals surface area contributed by atoms with Crippen molar-refractivity contribution in [2.45, 2.75) is 19.4 Å². The van der Waals surface area contributed by atoms with Crippen LogP contribution >= 0.6 is 11.6 Å². The quantitative estimate of drug-likeness (QED) is 0.677. The Morgan fingerprint density at radius 3 is 2.77 bits per heavy atom. The van der Waals surface area contributed by atoms with Crippen LogP contribution in [0.3, 0.4) is 0 Å². The fourth-order valence-electron chi connectivity index (χ4n) is 2.85. The zero-order valence-electron chi connectivity index (χ0n) is 13.9. The lowest BCUT2D eigenvalue weighted by molar-refractivity contribution is -0.117. The summed E-state index contributed by atoms with van der Waals surface area (Å²) in [5, 5.41) is 4.56. The van der Waals surface area contributed by atoms with E-state index in [-0.39, 0.29) is 12.5 Å². The Morgan fingerprint density at radius 2 is 2.04 bits per heavy atom. The molecule has 1 saturated heterocycles. The van der Waals surface area contributed by atoms with E-state index in [2.05, 4.69) is 10.1 Å². The Bertz CT molecular complexity index is 924. The third-order valence-corrected chi connectivity index (χ3v) is 4.37. The molecule has 0 atom stereocenters. The highest BCUT2D eigenvalue weighted by Gasteiger charge is 2.21. The number of hydrogen-bond acceptors (Lipinski definition) is 5. The Hall–Kier alpha value is -2.86. The van der Waals surface area contributed by atoms with Crippen LogP contribution in [-0.2, 0) is 11.4 Å². The first kappa shape index (κ1) is 16.6. The van der Waals surface area contributed by atoms with E-state index in [1.807, 2.05) is 36.4 Å². The largest absolute Gasteiger partial charge is 0.484 e. The van der Waals surface area contributed by atoms with Gasteiger partial charge in [-0.2, -0.15) is 4.98 Å². The van der Waals surface area contributed by atoms with Crippen molar-refractivity contribution in [1.82, 2.24) is 10.1 Å². The maximum absolute atomic E-state index is 11.8. The predicted molar refractivity (Wildman–Crippen MR) is 97.1 cm³/mol. The summed E-state index contributed by atoms with van der Waals surface area (Å²) in [5.74, 6) is 1.67. The summed E-state index contributed by atoms with van der Waals surface area (Å²) < 4.78 is 10.9. The number of carbonyl (C=O) groups is 1. The topological polar surface area (TPSA) is 68.5 Å². The van der Waals surface area contributed by atoms with Crippen molar-refractivity contribution in [1.29, 1.82) is 0 Å². The van der Waals surface area contributed by atoms with Crippen molar-refractivity contribution in [2.24, 2.45) is 0 Å². The first-order chi connectivity index (χ1) is 12.7. The molecule has 1 aliphatic rings. The van der Waals surface area contributed by atoms with Gasteiger partial charge in [-0.3, -0.25) is 4.79 Å². The fraction of sp³-hybridized carbons (Fsp3) is 0.211. The van der Waals surface area contributed by atoms with Gasteiger partial charge in [-0.15, -0.1) is 0 Å². The third kappa shape index (κ3) is 3.55. The second kappa shape index (κ2) is 7.17. The number of hydrogen-bond donors (Lipinski definition) is 0. The summed E-state index contributed by atoms with van der Waals surface area (Å²) in [6.07, 6.45) is 1.52. The van der Waals surface area contributed by atoms with E-state index >= 15 is 0 Å². The minimum absolute atomic E-state index is 0.162. The minimum Gasteiger partial charge on any atom is -0.484 e. The van der Waals surface area contributed by atoms with Gasteiger partial charge in [-0.1, -0.05) is 28.9 Å². The molecule has 7 heteroatoms. The van der Waals surface area contributed by atoms with Crippen LogP contribution in [0.4, 0.5) is 5.69 Å². The van der Waals surface area contributed by atoms with Crippen molar-refractivity contribution in [2.75, 3.05) is 11.4 Å². The molecule has 26 heavy (non-hydrogen) atoms. The first-order valence-corrected chi connectivity index (χ1v) is 8.68. The number of rotatable bonds is 5. The zero-order valence-corrected chi connectivity index (χ0v) is 14.6. The van der Waals surface area contributed by atoms with Crippen molar-refractivity contribution in [3.63, 3.8) is 0 Å². The summed E-state index contributed by atoms with van der Waals surface area (Å²) in [4.78, 5) is 17.9. The van der Waals surface area contributed by atoms with Crippen LogP contribution in [0.15, 0.2) is 53.1 Å². The maximum Gasteiger partial charge on any atom is 0.264 e. The van der Waals surface area contributed by atoms with Gasteiger partial charge in [-0.25, -0.2) is 0 Å². The number of carbonyl (C=O) groups excluding carboxylic acids is 1. The summed E-state index contributed by atoms with van der Waals surface area (Å²) in [7, 11) is 0. The van der Waals surface area contributed by atoms with E-state index in [9.17, 15) is 4.79 Å². The molecule has 1 aromatic heterocycles. The van der Waals surface area contributed by atoms with Crippen molar-refractivity contribution in [3.8, 4) is 17.1 Å². The lowest BCUT2D eigenvalue weighted by atomic mass is 10.2. The van der Waals surface area contributed by atoms with Gasteiger partial charge in [0.1, 0.15) is 5.75 Å². The van der Waals surface area contributed by atoms with E-state index in [1.165, 1.54) is 0 Å². The van der Waals surface area contributed by atoms with Gasteiger partial charge in [0.25, 0.3) is 5.89 Å². The zero-order chi connectivity index (χ0) is 17.9. The number of halogens is 1. The molecule has 0 N–H and O–H groups in total. The molecule has 0 radical (unpaired) electrons. The second-order valence-electron chi connectivity index (χ2n) is 5.95. The van der Waals surface area contributed by atoms with Gasteiger partial charge in [0, 0.05) is 29.2 Å². The van der Waals surface area contributed by atoms with Gasteiger partial charge in [0.2, 0.25) is 11.7 Å². The average Bonchev–Trinajstić information content (AvgIpc) is 3.29. The number of ether oxygens (including phenoxy) is 1. The highest BCUT2D eigenvalue weighted by atomic mass is 35.5. The highest BCUT2D eigenvalue weighted by Crippen LogP contribution is 2.25. The molecule has 1 amide bonds. The molecule has 6 nitrogen and oxygen atoms in total. The van der Waals surface area contributed by atoms with E-state index in [1.54, 1.807) is 17.0 Å². The number of nitrogens with zero attached hydrogens (tertiary/aromatic N) is 3. The molecule has 0 unspecified atom stereocenters. The Kier molecular flexibility index (Phi) is 4.58. The Labute approximate surface area is 155 Å². The van der Waals surface area contributed by atoms with Crippen molar-refractivity contribution in [3.05, 3.63) is 59.4 Å². The molecule has 2 aromatic carbocycles. The molecule has 1 fully saturated rings. The molecule has 1 aliphatic heterocycles. The smallest absolute Gasteiger partial charge is 0.264 e. The van der Waals surface area contributed by atoms with Crippen LogP contribution in [0.25, 0.3) is 11.4 Å². The summed E-state index contributed by atoms with van der Waals surface area (Å²) in [5.41, 5.74) is 1.67. The summed E-state index contributed by atoms with van der Waals surface area (Å²) in [6, 6.07) is 14.7.